The molecule has 0 radical (unpaired) electrons. The van der Waals surface area contributed by atoms with Crippen LogP contribution in [0.1, 0.15) is 36.2 Å². The summed E-state index contributed by atoms with van der Waals surface area (Å²) in [5.74, 6) is -0.362. The number of halogens is 1. The lowest BCUT2D eigenvalue weighted by Crippen LogP contribution is -2.48. The van der Waals surface area contributed by atoms with Crippen LogP contribution in [0.25, 0.3) is 10.7 Å². The first-order valence-corrected chi connectivity index (χ1v) is 11.3. The fraction of sp³-hybridized carbons (Fsp3) is 0.333. The number of hydrogen-bond acceptors (Lipinski definition) is 5. The number of piperidine rings is 1. The first kappa shape index (κ1) is 21.4. The monoisotopic (exact) mass is 459 g/mol. The topological polar surface area (TPSA) is 83.0 Å². The van der Waals surface area contributed by atoms with Gasteiger partial charge in [-0.15, -0.1) is 11.3 Å². The van der Waals surface area contributed by atoms with Crippen LogP contribution in [0.2, 0.25) is 0 Å². The molecule has 1 aliphatic rings. The van der Waals surface area contributed by atoms with E-state index in [2.05, 4.69) is 15.5 Å². The van der Waals surface area contributed by atoms with Crippen LogP contribution in [-0.2, 0) is 4.79 Å². The van der Waals surface area contributed by atoms with Crippen molar-refractivity contribution < 1.29 is 14.0 Å². The van der Waals surface area contributed by atoms with Gasteiger partial charge in [0.25, 0.3) is 5.91 Å². The van der Waals surface area contributed by atoms with E-state index in [4.69, 9.17) is 12.2 Å². The number of hydrogen-bond donors (Lipinski definition) is 2. The molecule has 0 saturated carbocycles. The molecule has 7 nitrogen and oxygen atoms in total. The van der Waals surface area contributed by atoms with Crippen molar-refractivity contribution in [3.63, 3.8) is 0 Å². The minimum Gasteiger partial charge on any atom is -0.351 e. The Morgan fingerprint density at radius 1 is 1.26 bits per heavy atom. The van der Waals surface area contributed by atoms with Gasteiger partial charge in [0.05, 0.1) is 10.4 Å². The van der Waals surface area contributed by atoms with Gasteiger partial charge in [-0.1, -0.05) is 18.2 Å². The molecule has 4 rings (SSSR count). The van der Waals surface area contributed by atoms with Crippen molar-refractivity contribution in [2.24, 2.45) is 0 Å². The Labute approximate surface area is 187 Å². The summed E-state index contributed by atoms with van der Waals surface area (Å²) in [6, 6.07) is 9.23. The second kappa shape index (κ2) is 9.11. The van der Waals surface area contributed by atoms with Gasteiger partial charge < -0.3 is 10.2 Å². The average molecular weight is 460 g/mol. The van der Waals surface area contributed by atoms with E-state index in [0.717, 1.165) is 4.88 Å². The summed E-state index contributed by atoms with van der Waals surface area (Å²) < 4.78 is 16.0. The van der Waals surface area contributed by atoms with Crippen molar-refractivity contribution in [3.8, 4) is 10.7 Å². The van der Waals surface area contributed by atoms with Crippen molar-refractivity contribution in [1.82, 2.24) is 25.0 Å². The molecule has 10 heteroatoms. The summed E-state index contributed by atoms with van der Waals surface area (Å²) in [5.41, 5.74) is 0.0778. The van der Waals surface area contributed by atoms with Gasteiger partial charge >= 0.3 is 0 Å². The van der Waals surface area contributed by atoms with E-state index in [-0.39, 0.29) is 23.4 Å². The SMILES string of the molecule is CC(C(=O)NC1CCN(C(=O)c2ccccc2F)CC1)n1c(-c2cccs2)n[nH]c1=S. The molecule has 3 aromatic rings. The van der Waals surface area contributed by atoms with Crippen LogP contribution in [0.4, 0.5) is 4.39 Å². The van der Waals surface area contributed by atoms with E-state index in [0.29, 0.717) is 36.5 Å². The normalized spacial score (nSPS) is 15.6. The molecule has 1 atom stereocenters. The number of aromatic nitrogens is 3. The summed E-state index contributed by atoms with van der Waals surface area (Å²) >= 11 is 6.87. The molecule has 0 aliphatic carbocycles. The van der Waals surface area contributed by atoms with Crippen LogP contribution < -0.4 is 5.32 Å². The number of carbonyl (C=O) groups excluding carboxylic acids is 2. The van der Waals surface area contributed by atoms with Crippen molar-refractivity contribution in [3.05, 3.63) is 57.9 Å². The third-order valence-electron chi connectivity index (χ3n) is 5.45. The molecule has 1 unspecified atom stereocenters. The molecule has 1 aromatic carbocycles. The molecule has 1 aliphatic heterocycles. The van der Waals surface area contributed by atoms with Crippen LogP contribution >= 0.6 is 23.6 Å². The maximum Gasteiger partial charge on any atom is 0.256 e. The predicted molar refractivity (Wildman–Crippen MR) is 119 cm³/mol. The Balaban J connectivity index is 1.38. The zero-order chi connectivity index (χ0) is 22.0. The van der Waals surface area contributed by atoms with E-state index < -0.39 is 11.9 Å². The highest BCUT2D eigenvalue weighted by Gasteiger charge is 2.28. The van der Waals surface area contributed by atoms with Crippen molar-refractivity contribution in [2.45, 2.75) is 31.8 Å². The number of nitrogens with one attached hydrogen (secondary N) is 2. The number of amides is 2. The van der Waals surface area contributed by atoms with Gasteiger partial charge in [-0.2, -0.15) is 5.10 Å². The molecule has 0 bridgehead atoms. The summed E-state index contributed by atoms with van der Waals surface area (Å²) in [6.07, 6.45) is 1.21. The highest BCUT2D eigenvalue weighted by atomic mass is 32.1. The van der Waals surface area contributed by atoms with E-state index in [9.17, 15) is 14.0 Å². The highest BCUT2D eigenvalue weighted by molar-refractivity contribution is 7.71. The number of rotatable bonds is 5. The zero-order valence-electron chi connectivity index (χ0n) is 16.9. The van der Waals surface area contributed by atoms with Crippen LogP contribution in [0.5, 0.6) is 0 Å². The first-order valence-electron chi connectivity index (χ1n) is 10.0. The fourth-order valence-corrected chi connectivity index (χ4v) is 4.72. The number of carbonyl (C=O) groups is 2. The zero-order valence-corrected chi connectivity index (χ0v) is 18.5. The van der Waals surface area contributed by atoms with Gasteiger partial charge in [0.1, 0.15) is 11.9 Å². The molecule has 1 saturated heterocycles. The van der Waals surface area contributed by atoms with Crippen LogP contribution in [-0.4, -0.2) is 50.6 Å². The number of H-pyrrole nitrogens is 1. The van der Waals surface area contributed by atoms with Crippen LogP contribution in [0.3, 0.4) is 0 Å². The van der Waals surface area contributed by atoms with E-state index in [1.807, 2.05) is 17.5 Å². The Hall–Kier alpha value is -2.85. The van der Waals surface area contributed by atoms with Gasteiger partial charge in [0.2, 0.25) is 5.91 Å². The lowest BCUT2D eigenvalue weighted by Gasteiger charge is -2.33. The Kier molecular flexibility index (Phi) is 6.28. The van der Waals surface area contributed by atoms with Crippen LogP contribution in [0.15, 0.2) is 41.8 Å². The van der Waals surface area contributed by atoms with Gasteiger partial charge in [0.15, 0.2) is 10.6 Å². The largest absolute Gasteiger partial charge is 0.351 e. The number of nitrogens with zero attached hydrogens (tertiary/aromatic N) is 3. The molecular weight excluding hydrogens is 437 g/mol. The number of aromatic amines is 1. The van der Waals surface area contributed by atoms with E-state index in [1.165, 1.54) is 23.5 Å². The molecular formula is C21H22FN5O2S2. The molecule has 2 amide bonds. The van der Waals surface area contributed by atoms with Crippen LogP contribution in [0, 0.1) is 10.6 Å². The smallest absolute Gasteiger partial charge is 0.256 e. The Bertz CT molecular complexity index is 1130. The highest BCUT2D eigenvalue weighted by Crippen LogP contribution is 2.26. The maximum absolute atomic E-state index is 13.9. The fourth-order valence-electron chi connectivity index (χ4n) is 3.71. The minimum atomic E-state index is -0.540. The maximum atomic E-state index is 13.9. The third kappa shape index (κ3) is 4.45. The summed E-state index contributed by atoms with van der Waals surface area (Å²) in [4.78, 5) is 28.0. The molecule has 0 spiro atoms. The summed E-state index contributed by atoms with van der Waals surface area (Å²) in [6.45, 7) is 2.70. The van der Waals surface area contributed by atoms with E-state index in [1.54, 1.807) is 28.5 Å². The summed E-state index contributed by atoms with van der Waals surface area (Å²) in [5, 5.41) is 12.0. The number of likely N-dealkylation sites (tertiary alicyclic amines) is 1. The number of benzene rings is 1. The lowest BCUT2D eigenvalue weighted by atomic mass is 10.0. The second-order valence-corrected chi connectivity index (χ2v) is 8.76. The standard InChI is InChI=1S/C21H22FN5O2S2/c1-13(27-18(24-25-21(27)30)17-7-4-12-31-17)19(28)23-14-8-10-26(11-9-14)20(29)15-5-2-3-6-16(15)22/h2-7,12-14H,8-11H2,1H3,(H,23,28)(H,25,30). The molecule has 31 heavy (non-hydrogen) atoms. The first-order chi connectivity index (χ1) is 15.0. The lowest BCUT2D eigenvalue weighted by molar-refractivity contribution is -0.124. The van der Waals surface area contributed by atoms with Crippen molar-refractivity contribution in [2.75, 3.05) is 13.1 Å². The van der Waals surface area contributed by atoms with E-state index >= 15 is 0 Å². The number of thiophene rings is 1. The Morgan fingerprint density at radius 2 is 2.00 bits per heavy atom. The van der Waals surface area contributed by atoms with Gasteiger partial charge in [-0.25, -0.2) is 4.39 Å². The van der Waals surface area contributed by atoms with Gasteiger partial charge in [-0.05, 0) is 55.6 Å². The minimum absolute atomic E-state index is 0.0640. The molecule has 2 aromatic heterocycles. The van der Waals surface area contributed by atoms with Crippen molar-refractivity contribution >= 4 is 35.4 Å². The predicted octanol–water partition coefficient (Wildman–Crippen LogP) is 3.79. The van der Waals surface area contributed by atoms with Gasteiger partial charge in [0, 0.05) is 19.1 Å². The average Bonchev–Trinajstić information content (AvgIpc) is 3.43. The second-order valence-electron chi connectivity index (χ2n) is 7.43. The molecule has 162 valence electrons. The van der Waals surface area contributed by atoms with Crippen molar-refractivity contribution in [1.29, 1.82) is 0 Å². The molecule has 2 N–H and O–H groups in total. The molecule has 1 fully saturated rings. The third-order valence-corrected chi connectivity index (χ3v) is 6.60. The summed E-state index contributed by atoms with van der Waals surface area (Å²) in [7, 11) is 0. The van der Waals surface area contributed by atoms with Gasteiger partial charge in [-0.3, -0.25) is 19.3 Å². The molecule has 3 heterocycles. The quantitative estimate of drug-likeness (QED) is 0.569. The Morgan fingerprint density at radius 3 is 2.68 bits per heavy atom.